The highest BCUT2D eigenvalue weighted by atomic mass is 16.1. The van der Waals surface area contributed by atoms with Gasteiger partial charge in [0.05, 0.1) is 0 Å². The molecule has 0 heterocycles. The Bertz CT molecular complexity index is 924. The van der Waals surface area contributed by atoms with Gasteiger partial charge < -0.3 is 0 Å². The van der Waals surface area contributed by atoms with Crippen molar-refractivity contribution in [3.63, 3.8) is 0 Å². The maximum atomic E-state index is 11.6. The van der Waals surface area contributed by atoms with Crippen LogP contribution in [0.15, 0.2) is 109 Å². The highest BCUT2D eigenvalue weighted by molar-refractivity contribution is 5.88. The summed E-state index contributed by atoms with van der Waals surface area (Å²) in [4.78, 5) is 13.1. The number of nitrogens with zero attached hydrogens (tertiary/aromatic N) is 1. The first-order valence-electron chi connectivity index (χ1n) is 8.84. The van der Waals surface area contributed by atoms with Crippen molar-refractivity contribution >= 4 is 17.8 Å². The molecule has 0 saturated carbocycles. The summed E-state index contributed by atoms with van der Waals surface area (Å²) < 4.78 is 0. The van der Waals surface area contributed by atoms with E-state index < -0.39 is 0 Å². The van der Waals surface area contributed by atoms with Gasteiger partial charge in [-0.05, 0) is 46.5 Å². The van der Waals surface area contributed by atoms with E-state index >= 15 is 0 Å². The largest absolute Gasteiger partial charge is 0.321 e. The Kier molecular flexibility index (Phi) is 4.80. The Morgan fingerprint density at radius 1 is 0.444 bits per heavy atom. The minimum atomic E-state index is 0.789. The fraction of sp³-hybridized carbons (Fsp3) is 0. The average Bonchev–Trinajstić information content (AvgIpc) is 2.76. The molecular weight excluding hydrogens is 330 g/mol. The van der Waals surface area contributed by atoms with E-state index in [-0.39, 0.29) is 0 Å². The zero-order valence-corrected chi connectivity index (χ0v) is 14.7. The van der Waals surface area contributed by atoms with E-state index in [4.69, 9.17) is 0 Å². The van der Waals surface area contributed by atoms with Crippen LogP contribution in [0.5, 0.6) is 0 Å². The number of carbonyl (C=O) groups excluding carboxylic acids is 1. The van der Waals surface area contributed by atoms with Crippen molar-refractivity contribution < 1.29 is 4.79 Å². The standard InChI is InChI=1S/C25H18NO/c27-19-26(24-15-11-22(12-16-24)20-7-3-1-4-8-20)25-17-13-23(14-18-25)21-9-5-2-6-10-21/h1-18H. The second kappa shape index (κ2) is 7.71. The summed E-state index contributed by atoms with van der Waals surface area (Å²) in [6.07, 6.45) is 2.04. The molecule has 4 rings (SSSR count). The van der Waals surface area contributed by atoms with E-state index in [2.05, 4.69) is 24.3 Å². The van der Waals surface area contributed by atoms with Gasteiger partial charge in [-0.2, -0.15) is 0 Å². The van der Waals surface area contributed by atoms with Gasteiger partial charge in [-0.15, -0.1) is 0 Å². The topological polar surface area (TPSA) is 20.3 Å². The number of rotatable bonds is 5. The van der Waals surface area contributed by atoms with Crippen molar-refractivity contribution in [3.05, 3.63) is 109 Å². The van der Waals surface area contributed by atoms with E-state index in [9.17, 15) is 4.79 Å². The van der Waals surface area contributed by atoms with Crippen molar-refractivity contribution in [1.82, 2.24) is 0 Å². The van der Waals surface area contributed by atoms with Crippen LogP contribution in [-0.2, 0) is 4.79 Å². The van der Waals surface area contributed by atoms with E-state index in [0.29, 0.717) is 0 Å². The van der Waals surface area contributed by atoms with Crippen LogP contribution < -0.4 is 4.90 Å². The monoisotopic (exact) mass is 348 g/mol. The van der Waals surface area contributed by atoms with Gasteiger partial charge in [-0.1, -0.05) is 84.9 Å². The Balaban J connectivity index is 1.59. The lowest BCUT2D eigenvalue weighted by atomic mass is 10.0. The fourth-order valence-electron chi connectivity index (χ4n) is 3.12. The van der Waals surface area contributed by atoms with Crippen LogP contribution in [0.25, 0.3) is 22.3 Å². The van der Waals surface area contributed by atoms with Crippen LogP contribution in [-0.4, -0.2) is 6.41 Å². The first-order valence-corrected chi connectivity index (χ1v) is 8.84. The second-order valence-corrected chi connectivity index (χ2v) is 6.25. The molecule has 0 aliphatic heterocycles. The third kappa shape index (κ3) is 3.65. The number of hydrogen-bond donors (Lipinski definition) is 0. The van der Waals surface area contributed by atoms with Crippen molar-refractivity contribution in [1.29, 1.82) is 0 Å². The predicted molar refractivity (Wildman–Crippen MR) is 112 cm³/mol. The van der Waals surface area contributed by atoms with Crippen LogP contribution in [0.3, 0.4) is 0 Å². The Hall–Kier alpha value is -3.65. The molecule has 0 bridgehead atoms. The average molecular weight is 348 g/mol. The summed E-state index contributed by atoms with van der Waals surface area (Å²) in [5.41, 5.74) is 6.11. The lowest BCUT2D eigenvalue weighted by molar-refractivity contribution is 0.556. The maximum absolute atomic E-state index is 11.6. The van der Waals surface area contributed by atoms with Gasteiger partial charge in [-0.3, -0.25) is 9.69 Å². The molecule has 27 heavy (non-hydrogen) atoms. The van der Waals surface area contributed by atoms with Crippen LogP contribution in [0.4, 0.5) is 11.4 Å². The Labute approximate surface area is 159 Å². The molecule has 2 heteroatoms. The van der Waals surface area contributed by atoms with Crippen LogP contribution >= 0.6 is 0 Å². The highest BCUT2D eigenvalue weighted by Crippen LogP contribution is 2.29. The van der Waals surface area contributed by atoms with Gasteiger partial charge in [0.25, 0.3) is 0 Å². The van der Waals surface area contributed by atoms with Crippen molar-refractivity contribution in [2.24, 2.45) is 0 Å². The zero-order valence-electron chi connectivity index (χ0n) is 14.7. The molecule has 0 spiro atoms. The summed E-state index contributed by atoms with van der Waals surface area (Å²) in [6, 6.07) is 36.2. The molecular formula is C25H18NO. The molecule has 4 aromatic carbocycles. The van der Waals surface area contributed by atoms with Crippen LogP contribution in [0.2, 0.25) is 0 Å². The van der Waals surface area contributed by atoms with Crippen molar-refractivity contribution in [2.45, 2.75) is 0 Å². The number of hydrogen-bond acceptors (Lipinski definition) is 1. The lowest BCUT2D eigenvalue weighted by Crippen LogP contribution is -2.13. The summed E-state index contributed by atoms with van der Waals surface area (Å²) >= 11 is 0. The quantitative estimate of drug-likeness (QED) is 0.392. The Morgan fingerprint density at radius 2 is 0.778 bits per heavy atom. The zero-order chi connectivity index (χ0) is 18.5. The van der Waals surface area contributed by atoms with Gasteiger partial charge in [0.1, 0.15) is 0 Å². The minimum Gasteiger partial charge on any atom is -0.273 e. The predicted octanol–water partition coefficient (Wildman–Crippen LogP) is 6.23. The molecule has 4 aromatic rings. The summed E-state index contributed by atoms with van der Waals surface area (Å²) in [5.74, 6) is 0. The number of anilines is 2. The van der Waals surface area contributed by atoms with E-state index in [0.717, 1.165) is 33.6 Å². The molecule has 2 nitrogen and oxygen atoms in total. The van der Waals surface area contributed by atoms with E-state index in [1.165, 1.54) is 4.90 Å². The summed E-state index contributed by atoms with van der Waals surface area (Å²) in [7, 11) is 0. The third-order valence-electron chi connectivity index (χ3n) is 4.56. The maximum Gasteiger partial charge on any atom is 0.321 e. The molecule has 0 aliphatic rings. The van der Waals surface area contributed by atoms with Gasteiger partial charge in [0.15, 0.2) is 0 Å². The fourth-order valence-corrected chi connectivity index (χ4v) is 3.12. The van der Waals surface area contributed by atoms with Crippen molar-refractivity contribution in [3.8, 4) is 22.3 Å². The van der Waals surface area contributed by atoms with Crippen molar-refractivity contribution in [2.75, 3.05) is 4.90 Å². The molecule has 0 aliphatic carbocycles. The first kappa shape index (κ1) is 16.8. The molecule has 0 aromatic heterocycles. The highest BCUT2D eigenvalue weighted by Gasteiger charge is 2.10. The minimum absolute atomic E-state index is 0.789. The molecule has 129 valence electrons. The molecule has 1 radical (unpaired) electrons. The first-order chi connectivity index (χ1) is 13.3. The molecule has 0 saturated heterocycles. The van der Waals surface area contributed by atoms with Crippen LogP contribution in [0, 0.1) is 0 Å². The van der Waals surface area contributed by atoms with Gasteiger partial charge in [-0.25, -0.2) is 0 Å². The molecule has 0 atom stereocenters. The summed E-state index contributed by atoms with van der Waals surface area (Å²) in [5, 5.41) is 0. The summed E-state index contributed by atoms with van der Waals surface area (Å²) in [6.45, 7) is 0. The third-order valence-corrected chi connectivity index (χ3v) is 4.56. The smallest absolute Gasteiger partial charge is 0.273 e. The number of benzene rings is 4. The second-order valence-electron chi connectivity index (χ2n) is 6.25. The Morgan fingerprint density at radius 3 is 1.11 bits per heavy atom. The molecule has 0 fully saturated rings. The van der Waals surface area contributed by atoms with Gasteiger partial charge in [0, 0.05) is 11.4 Å². The molecule has 1 amide bonds. The van der Waals surface area contributed by atoms with E-state index in [1.54, 1.807) is 0 Å². The molecule has 0 N–H and O–H groups in total. The number of amides is 1. The molecule has 0 unspecified atom stereocenters. The van der Waals surface area contributed by atoms with Gasteiger partial charge >= 0.3 is 6.41 Å². The SMILES string of the molecule is O=[C]N(c1ccc(-c2ccccc2)cc1)c1ccc(-c2ccccc2)cc1. The van der Waals surface area contributed by atoms with E-state index in [1.807, 2.05) is 91.3 Å². The van der Waals surface area contributed by atoms with Gasteiger partial charge in [0.2, 0.25) is 0 Å². The van der Waals surface area contributed by atoms with Crippen LogP contribution in [0.1, 0.15) is 0 Å². The lowest BCUT2D eigenvalue weighted by Gasteiger charge is -2.17. The normalized spacial score (nSPS) is 10.4.